The number of aliphatic hydroxyl groups excluding tert-OH is 1. The normalized spacial score (nSPS) is 13.1. The number of furan rings is 1. The van der Waals surface area contributed by atoms with Gasteiger partial charge in [-0.05, 0) is 86.7 Å². The Bertz CT molecular complexity index is 1070. The summed E-state index contributed by atoms with van der Waals surface area (Å²) in [5.74, 6) is 0.464. The van der Waals surface area contributed by atoms with Gasteiger partial charge in [-0.25, -0.2) is 13.1 Å². The van der Waals surface area contributed by atoms with E-state index in [1.54, 1.807) is 18.2 Å². The van der Waals surface area contributed by atoms with Crippen LogP contribution in [0.5, 0.6) is 0 Å². The summed E-state index contributed by atoms with van der Waals surface area (Å²) in [6.07, 6.45) is 0.662. The van der Waals surface area contributed by atoms with E-state index >= 15 is 0 Å². The highest BCUT2D eigenvalue weighted by Gasteiger charge is 2.24. The van der Waals surface area contributed by atoms with Gasteiger partial charge in [-0.15, -0.1) is 11.3 Å². The van der Waals surface area contributed by atoms with Gasteiger partial charge in [0.15, 0.2) is 0 Å². The third kappa shape index (κ3) is 3.80. The molecule has 1 atom stereocenters. The number of benzene rings is 1. The zero-order chi connectivity index (χ0) is 20.6. The minimum absolute atomic E-state index is 0.169. The van der Waals surface area contributed by atoms with Crippen LogP contribution in [0.3, 0.4) is 0 Å². The van der Waals surface area contributed by atoms with Crippen molar-refractivity contribution in [1.29, 1.82) is 0 Å². The van der Waals surface area contributed by atoms with Crippen molar-refractivity contribution in [3.05, 3.63) is 73.9 Å². The second-order valence-corrected chi connectivity index (χ2v) is 9.90. The van der Waals surface area contributed by atoms with Crippen molar-refractivity contribution < 1.29 is 17.9 Å². The SMILES string of the molecule is Cc1c(C)c(C)c(S(=O)(=O)NCc2ccc(C(O)c3ccco3)s2)c(C)c1C. The van der Waals surface area contributed by atoms with Crippen molar-refractivity contribution in [2.45, 2.75) is 52.2 Å². The lowest BCUT2D eigenvalue weighted by Gasteiger charge is -2.19. The van der Waals surface area contributed by atoms with E-state index in [0.717, 1.165) is 32.7 Å². The average molecular weight is 420 g/mol. The van der Waals surface area contributed by atoms with E-state index in [1.807, 2.05) is 40.7 Å². The number of rotatable bonds is 6. The summed E-state index contributed by atoms with van der Waals surface area (Å²) in [7, 11) is -3.66. The minimum atomic E-state index is -3.66. The molecule has 0 bridgehead atoms. The second kappa shape index (κ2) is 7.83. The Kier molecular flexibility index (Phi) is 5.82. The predicted octanol–water partition coefficient (Wildman–Crippen LogP) is 4.44. The molecular formula is C21H25NO4S2. The molecule has 0 amide bonds. The summed E-state index contributed by atoms with van der Waals surface area (Å²) in [6.45, 7) is 9.81. The van der Waals surface area contributed by atoms with Crippen LogP contribution in [0.4, 0.5) is 0 Å². The number of sulfonamides is 1. The van der Waals surface area contributed by atoms with Crippen molar-refractivity contribution in [1.82, 2.24) is 4.72 Å². The molecule has 0 fully saturated rings. The first kappa shape index (κ1) is 20.8. The smallest absolute Gasteiger partial charge is 0.241 e. The number of hydrogen-bond donors (Lipinski definition) is 2. The Morgan fingerprint density at radius 2 is 1.61 bits per heavy atom. The number of hydrogen-bond acceptors (Lipinski definition) is 5. The van der Waals surface area contributed by atoms with Gasteiger partial charge in [0.1, 0.15) is 11.9 Å². The molecule has 7 heteroatoms. The lowest BCUT2D eigenvalue weighted by Crippen LogP contribution is -2.25. The van der Waals surface area contributed by atoms with Crippen LogP contribution in [0.25, 0.3) is 0 Å². The Labute approximate surface area is 170 Å². The lowest BCUT2D eigenvalue weighted by atomic mass is 9.95. The first-order chi connectivity index (χ1) is 13.1. The van der Waals surface area contributed by atoms with Crippen LogP contribution < -0.4 is 4.72 Å². The highest BCUT2D eigenvalue weighted by molar-refractivity contribution is 7.89. The zero-order valence-corrected chi connectivity index (χ0v) is 18.3. The van der Waals surface area contributed by atoms with Crippen LogP contribution in [0.15, 0.2) is 39.8 Å². The first-order valence-electron chi connectivity index (χ1n) is 9.00. The van der Waals surface area contributed by atoms with E-state index in [-0.39, 0.29) is 6.54 Å². The van der Waals surface area contributed by atoms with Gasteiger partial charge in [0.05, 0.1) is 11.2 Å². The van der Waals surface area contributed by atoms with Crippen LogP contribution in [-0.2, 0) is 16.6 Å². The highest BCUT2D eigenvalue weighted by Crippen LogP contribution is 2.31. The Hall–Kier alpha value is -1.93. The molecule has 1 aromatic carbocycles. The van der Waals surface area contributed by atoms with Crippen molar-refractivity contribution >= 4 is 21.4 Å². The zero-order valence-electron chi connectivity index (χ0n) is 16.7. The van der Waals surface area contributed by atoms with Crippen molar-refractivity contribution in [3.63, 3.8) is 0 Å². The van der Waals surface area contributed by atoms with Gasteiger partial charge in [0.25, 0.3) is 0 Å². The monoisotopic (exact) mass is 419 g/mol. The Balaban J connectivity index is 1.82. The maximum Gasteiger partial charge on any atom is 0.241 e. The van der Waals surface area contributed by atoms with Crippen molar-refractivity contribution in [2.24, 2.45) is 0 Å². The molecule has 0 aliphatic carbocycles. The average Bonchev–Trinajstić information content (AvgIpc) is 3.34. The third-order valence-electron chi connectivity index (χ3n) is 5.40. The second-order valence-electron chi connectivity index (χ2n) is 7.00. The molecule has 0 saturated heterocycles. The van der Waals surface area contributed by atoms with Crippen molar-refractivity contribution in [3.8, 4) is 0 Å². The number of aliphatic hydroxyl groups is 1. The maximum absolute atomic E-state index is 13.0. The summed E-state index contributed by atoms with van der Waals surface area (Å²) < 4.78 is 34.0. The minimum Gasteiger partial charge on any atom is -0.466 e. The lowest BCUT2D eigenvalue weighted by molar-refractivity contribution is 0.193. The van der Waals surface area contributed by atoms with Crippen LogP contribution in [0, 0.1) is 34.6 Å². The summed E-state index contributed by atoms with van der Waals surface area (Å²) in [5, 5.41) is 10.3. The molecule has 0 spiro atoms. The molecule has 150 valence electrons. The largest absolute Gasteiger partial charge is 0.466 e. The number of thiophene rings is 1. The molecule has 0 aliphatic rings. The van der Waals surface area contributed by atoms with Crippen LogP contribution in [0.2, 0.25) is 0 Å². The summed E-state index contributed by atoms with van der Waals surface area (Å²) in [6, 6.07) is 7.04. The molecule has 5 nitrogen and oxygen atoms in total. The predicted molar refractivity (Wildman–Crippen MR) is 111 cm³/mol. The molecule has 2 heterocycles. The molecule has 0 radical (unpaired) electrons. The van der Waals surface area contributed by atoms with E-state index in [1.165, 1.54) is 17.6 Å². The molecule has 2 N–H and O–H groups in total. The van der Waals surface area contributed by atoms with Gasteiger partial charge in [-0.1, -0.05) is 0 Å². The van der Waals surface area contributed by atoms with Crippen molar-refractivity contribution in [2.75, 3.05) is 0 Å². The highest BCUT2D eigenvalue weighted by atomic mass is 32.2. The van der Waals surface area contributed by atoms with Gasteiger partial charge >= 0.3 is 0 Å². The fraction of sp³-hybridized carbons (Fsp3) is 0.333. The van der Waals surface area contributed by atoms with E-state index in [2.05, 4.69) is 4.72 Å². The molecule has 1 unspecified atom stereocenters. The summed E-state index contributed by atoms with van der Waals surface area (Å²) in [5.41, 5.74) is 4.71. The third-order valence-corrected chi connectivity index (χ3v) is 8.21. The summed E-state index contributed by atoms with van der Waals surface area (Å²) in [4.78, 5) is 1.89. The van der Waals surface area contributed by atoms with E-state index in [4.69, 9.17) is 4.42 Å². The standard InChI is InChI=1S/C21H25NO4S2/c1-12-13(2)15(4)21(16(5)14(12)3)28(24,25)22-11-17-8-9-19(27-17)20(23)18-7-6-10-26-18/h6-10,20,22-23H,11H2,1-5H3. The maximum atomic E-state index is 13.0. The van der Waals surface area contributed by atoms with E-state index in [9.17, 15) is 13.5 Å². The molecule has 2 aromatic heterocycles. The van der Waals surface area contributed by atoms with E-state index < -0.39 is 16.1 Å². The van der Waals surface area contributed by atoms with Gasteiger partial charge in [0.2, 0.25) is 10.0 Å². The molecule has 0 saturated carbocycles. The molecular weight excluding hydrogens is 394 g/mol. The topological polar surface area (TPSA) is 79.5 Å². The Morgan fingerprint density at radius 3 is 2.18 bits per heavy atom. The quantitative estimate of drug-likeness (QED) is 0.619. The van der Waals surface area contributed by atoms with Crippen LogP contribution in [-0.4, -0.2) is 13.5 Å². The first-order valence-corrected chi connectivity index (χ1v) is 11.3. The fourth-order valence-corrected chi connectivity index (χ4v) is 5.97. The molecule has 3 aromatic rings. The summed E-state index contributed by atoms with van der Waals surface area (Å²) >= 11 is 1.36. The number of nitrogens with one attached hydrogen (secondary N) is 1. The van der Waals surface area contributed by atoms with Gasteiger partial charge < -0.3 is 9.52 Å². The molecule has 28 heavy (non-hydrogen) atoms. The van der Waals surface area contributed by atoms with Gasteiger partial charge in [-0.3, -0.25) is 0 Å². The van der Waals surface area contributed by atoms with Crippen LogP contribution in [0.1, 0.15) is 49.4 Å². The van der Waals surface area contributed by atoms with Crippen LogP contribution >= 0.6 is 11.3 Å². The molecule has 3 rings (SSSR count). The molecule has 0 aliphatic heterocycles. The fourth-order valence-electron chi connectivity index (χ4n) is 3.33. The Morgan fingerprint density at radius 1 is 1.00 bits per heavy atom. The van der Waals surface area contributed by atoms with Gasteiger partial charge in [0, 0.05) is 16.3 Å². The van der Waals surface area contributed by atoms with Gasteiger partial charge in [-0.2, -0.15) is 0 Å². The van der Waals surface area contributed by atoms with E-state index in [0.29, 0.717) is 15.5 Å².